The third-order valence-corrected chi connectivity index (χ3v) is 1.98. The van der Waals surface area contributed by atoms with Gasteiger partial charge in [0.15, 0.2) is 0 Å². The van der Waals surface area contributed by atoms with Gasteiger partial charge in [0, 0.05) is 17.3 Å². The van der Waals surface area contributed by atoms with E-state index in [1.165, 1.54) is 10.9 Å². The largest absolute Gasteiger partial charge is 0.346 e. The summed E-state index contributed by atoms with van der Waals surface area (Å²) < 4.78 is 0. The molecule has 0 radical (unpaired) electrons. The van der Waals surface area contributed by atoms with E-state index in [0.29, 0.717) is 0 Å². The Morgan fingerprint density at radius 1 is 1.36 bits per heavy atom. The molecule has 11 heavy (non-hydrogen) atoms. The minimum Gasteiger partial charge on any atom is -0.346 e. The van der Waals surface area contributed by atoms with Crippen molar-refractivity contribution in [2.24, 2.45) is 0 Å². The first-order valence-electron chi connectivity index (χ1n) is 3.69. The van der Waals surface area contributed by atoms with E-state index < -0.39 is 0 Å². The van der Waals surface area contributed by atoms with Crippen LogP contribution in [0.25, 0.3) is 11.0 Å². The first kappa shape index (κ1) is 6.40. The van der Waals surface area contributed by atoms with E-state index >= 15 is 0 Å². The Morgan fingerprint density at radius 2 is 2.18 bits per heavy atom. The molecule has 2 heterocycles. The average molecular weight is 146 g/mol. The van der Waals surface area contributed by atoms with Crippen molar-refractivity contribution in [1.82, 2.24) is 9.97 Å². The maximum atomic E-state index is 4.38. The second-order valence-electron chi connectivity index (χ2n) is 2.81. The summed E-state index contributed by atoms with van der Waals surface area (Å²) in [5.74, 6) is 0. The van der Waals surface area contributed by atoms with Crippen molar-refractivity contribution in [3.05, 3.63) is 29.6 Å². The molecule has 2 heteroatoms. The van der Waals surface area contributed by atoms with E-state index in [0.717, 1.165) is 11.3 Å². The Hall–Kier alpha value is -1.31. The van der Waals surface area contributed by atoms with Crippen LogP contribution in [0.4, 0.5) is 0 Å². The van der Waals surface area contributed by atoms with Gasteiger partial charge in [-0.2, -0.15) is 0 Å². The summed E-state index contributed by atoms with van der Waals surface area (Å²) in [5, 5.41) is 1.19. The molecule has 0 aliphatic carbocycles. The first-order valence-corrected chi connectivity index (χ1v) is 3.69. The molecular weight excluding hydrogens is 136 g/mol. The van der Waals surface area contributed by atoms with Crippen molar-refractivity contribution in [1.29, 1.82) is 0 Å². The Morgan fingerprint density at radius 3 is 3.00 bits per heavy atom. The molecule has 56 valence electrons. The van der Waals surface area contributed by atoms with Crippen LogP contribution in [-0.4, -0.2) is 9.97 Å². The highest BCUT2D eigenvalue weighted by molar-refractivity contribution is 5.76. The topological polar surface area (TPSA) is 28.7 Å². The van der Waals surface area contributed by atoms with Gasteiger partial charge in [-0.25, -0.2) is 4.98 Å². The monoisotopic (exact) mass is 146 g/mol. The highest BCUT2D eigenvalue weighted by Gasteiger charge is 1.98. The lowest BCUT2D eigenvalue weighted by Crippen LogP contribution is -1.86. The Balaban J connectivity index is 2.86. The van der Waals surface area contributed by atoms with Gasteiger partial charge in [0.05, 0.1) is 0 Å². The molecule has 0 fully saturated rings. The second-order valence-corrected chi connectivity index (χ2v) is 2.81. The van der Waals surface area contributed by atoms with Gasteiger partial charge in [0.2, 0.25) is 0 Å². The van der Waals surface area contributed by atoms with Gasteiger partial charge in [-0.15, -0.1) is 0 Å². The van der Waals surface area contributed by atoms with Gasteiger partial charge < -0.3 is 4.98 Å². The quantitative estimate of drug-likeness (QED) is 0.606. The predicted molar refractivity (Wildman–Crippen MR) is 45.6 cm³/mol. The van der Waals surface area contributed by atoms with Crippen molar-refractivity contribution >= 4 is 11.0 Å². The maximum Gasteiger partial charge on any atom is 0.137 e. The maximum absolute atomic E-state index is 4.38. The van der Waals surface area contributed by atoms with Crippen molar-refractivity contribution in [3.63, 3.8) is 0 Å². The molecule has 0 bridgehead atoms. The third-order valence-electron chi connectivity index (χ3n) is 1.98. The van der Waals surface area contributed by atoms with Crippen LogP contribution in [0.5, 0.6) is 0 Å². The molecule has 0 saturated heterocycles. The van der Waals surface area contributed by atoms with Gasteiger partial charge in [-0.3, -0.25) is 0 Å². The summed E-state index contributed by atoms with van der Waals surface area (Å²) >= 11 is 0. The predicted octanol–water partition coefficient (Wildman–Crippen LogP) is 2.18. The zero-order valence-electron chi connectivity index (χ0n) is 6.68. The Kier molecular flexibility index (Phi) is 1.22. The number of aromatic nitrogens is 2. The molecular formula is C9H10N2. The highest BCUT2D eigenvalue weighted by atomic mass is 14.8. The first-order chi connectivity index (χ1) is 5.27. The summed E-state index contributed by atoms with van der Waals surface area (Å²) in [5.41, 5.74) is 3.32. The van der Waals surface area contributed by atoms with Gasteiger partial charge in [0.25, 0.3) is 0 Å². The lowest BCUT2D eigenvalue weighted by molar-refractivity contribution is 1.17. The smallest absolute Gasteiger partial charge is 0.137 e. The summed E-state index contributed by atoms with van der Waals surface area (Å²) in [7, 11) is 0. The molecule has 1 N–H and O–H groups in total. The van der Waals surface area contributed by atoms with Crippen LogP contribution in [-0.2, 0) is 0 Å². The Labute approximate surface area is 65.3 Å². The van der Waals surface area contributed by atoms with Crippen LogP contribution < -0.4 is 0 Å². The van der Waals surface area contributed by atoms with Crippen LogP contribution in [0.3, 0.4) is 0 Å². The van der Waals surface area contributed by atoms with E-state index in [9.17, 15) is 0 Å². The van der Waals surface area contributed by atoms with Crippen LogP contribution in [0.1, 0.15) is 11.3 Å². The number of nitrogens with one attached hydrogen (secondary N) is 1. The highest BCUT2D eigenvalue weighted by Crippen LogP contribution is 2.13. The van der Waals surface area contributed by atoms with Gasteiger partial charge in [-0.1, -0.05) is 0 Å². The summed E-state index contributed by atoms with van der Waals surface area (Å²) in [6.45, 7) is 4.10. The van der Waals surface area contributed by atoms with Crippen LogP contribution in [0.2, 0.25) is 0 Å². The van der Waals surface area contributed by atoms with Crippen molar-refractivity contribution in [3.8, 4) is 0 Å². The Bertz CT molecular complexity index is 351. The SMILES string of the molecule is Cc1cc2cc[nH]c2nc1C. The van der Waals surface area contributed by atoms with Crippen LogP contribution in [0.15, 0.2) is 18.3 Å². The standard InChI is InChI=1S/C9H10N2/c1-6-5-8-3-4-10-9(8)11-7(6)2/h3-5H,1-2H3,(H,10,11). The van der Waals surface area contributed by atoms with Crippen molar-refractivity contribution in [2.45, 2.75) is 13.8 Å². The van der Waals surface area contributed by atoms with Crippen LogP contribution >= 0.6 is 0 Å². The number of nitrogens with zero attached hydrogens (tertiary/aromatic N) is 1. The van der Waals surface area contributed by atoms with Gasteiger partial charge in [0.1, 0.15) is 5.65 Å². The molecule has 0 aromatic carbocycles. The normalized spacial score (nSPS) is 10.7. The van der Waals surface area contributed by atoms with Crippen LogP contribution in [0, 0.1) is 13.8 Å². The lowest BCUT2D eigenvalue weighted by atomic mass is 10.2. The molecule has 0 saturated carbocycles. The molecule has 0 unspecified atom stereocenters. The molecule has 0 aliphatic rings. The summed E-state index contributed by atoms with van der Waals surface area (Å²) in [6.07, 6.45) is 1.91. The van der Waals surface area contributed by atoms with Crippen molar-refractivity contribution < 1.29 is 0 Å². The van der Waals surface area contributed by atoms with Gasteiger partial charge >= 0.3 is 0 Å². The minimum absolute atomic E-state index is 0.980. The fraction of sp³-hybridized carbons (Fsp3) is 0.222. The third kappa shape index (κ3) is 0.909. The fourth-order valence-electron chi connectivity index (χ4n) is 1.18. The number of hydrogen-bond acceptors (Lipinski definition) is 1. The molecule has 0 aliphatic heterocycles. The molecule has 2 nitrogen and oxygen atoms in total. The number of hydrogen-bond donors (Lipinski definition) is 1. The molecule has 2 aromatic heterocycles. The van der Waals surface area contributed by atoms with E-state index in [4.69, 9.17) is 0 Å². The molecule has 0 atom stereocenters. The van der Waals surface area contributed by atoms with E-state index in [-0.39, 0.29) is 0 Å². The van der Waals surface area contributed by atoms with Gasteiger partial charge in [-0.05, 0) is 31.5 Å². The summed E-state index contributed by atoms with van der Waals surface area (Å²) in [4.78, 5) is 7.46. The average Bonchev–Trinajstić information content (AvgIpc) is 2.36. The lowest BCUT2D eigenvalue weighted by Gasteiger charge is -1.97. The van der Waals surface area contributed by atoms with E-state index in [2.05, 4.69) is 23.0 Å². The molecule has 2 aromatic rings. The fourth-order valence-corrected chi connectivity index (χ4v) is 1.18. The molecule has 2 rings (SSSR count). The number of H-pyrrole nitrogens is 1. The van der Waals surface area contributed by atoms with Crippen molar-refractivity contribution in [2.75, 3.05) is 0 Å². The van der Waals surface area contributed by atoms with E-state index in [1.54, 1.807) is 0 Å². The zero-order valence-corrected chi connectivity index (χ0v) is 6.68. The second kappa shape index (κ2) is 2.09. The molecule has 0 amide bonds. The number of fused-ring (bicyclic) bond motifs is 1. The number of aromatic amines is 1. The van der Waals surface area contributed by atoms with E-state index in [1.807, 2.05) is 19.2 Å². The number of pyridine rings is 1. The summed E-state index contributed by atoms with van der Waals surface area (Å²) in [6, 6.07) is 4.18. The zero-order chi connectivity index (χ0) is 7.84. The number of aryl methyl sites for hydroxylation is 2. The molecule has 0 spiro atoms. The minimum atomic E-state index is 0.980. The number of rotatable bonds is 0.